The maximum atomic E-state index is 13.3. The molecule has 0 saturated carbocycles. The number of nitrogens with zero attached hydrogens (tertiary/aromatic N) is 3. The summed E-state index contributed by atoms with van der Waals surface area (Å²) >= 11 is 7.29. The van der Waals surface area contributed by atoms with Crippen molar-refractivity contribution < 1.29 is 9.18 Å². The van der Waals surface area contributed by atoms with Gasteiger partial charge in [0.15, 0.2) is 11.0 Å². The molecule has 8 heteroatoms. The summed E-state index contributed by atoms with van der Waals surface area (Å²) in [6.45, 7) is 4.58. The van der Waals surface area contributed by atoms with Gasteiger partial charge in [0.1, 0.15) is 5.82 Å². The number of halogens is 2. The lowest BCUT2D eigenvalue weighted by molar-refractivity contribution is -0.115. The topological polar surface area (TPSA) is 59.8 Å². The Balaban J connectivity index is 1.77. The number of amides is 1. The number of carbonyl (C=O) groups excluding carboxylic acids is 1. The molecule has 1 N–H and O–H groups in total. The first-order valence-corrected chi connectivity index (χ1v) is 10.2. The molecule has 0 bridgehead atoms. The molecule has 2 aromatic carbocycles. The van der Waals surface area contributed by atoms with E-state index in [0.29, 0.717) is 15.9 Å². The summed E-state index contributed by atoms with van der Waals surface area (Å²) < 4.78 is 15.3. The zero-order chi connectivity index (χ0) is 20.1. The second kappa shape index (κ2) is 9.21. The monoisotopic (exact) mass is 418 g/mol. The van der Waals surface area contributed by atoms with Crippen LogP contribution < -0.4 is 5.32 Å². The van der Waals surface area contributed by atoms with Gasteiger partial charge in [-0.3, -0.25) is 4.79 Å². The lowest BCUT2D eigenvalue weighted by atomic mass is 10.2. The highest BCUT2D eigenvalue weighted by atomic mass is 35.5. The minimum absolute atomic E-state index is 0.227. The Bertz CT molecular complexity index is 961. The molecule has 1 aromatic heterocycles. The zero-order valence-electron chi connectivity index (χ0n) is 15.5. The number of nitrogens with one attached hydrogen (secondary N) is 1. The number of carbonyl (C=O) groups is 1. The van der Waals surface area contributed by atoms with Crippen LogP contribution in [0.15, 0.2) is 53.7 Å². The third-order valence-electron chi connectivity index (χ3n) is 4.01. The predicted octanol–water partition coefficient (Wildman–Crippen LogP) is 5.27. The molecule has 0 aliphatic rings. The molecule has 1 heterocycles. The van der Waals surface area contributed by atoms with Gasteiger partial charge in [0, 0.05) is 22.8 Å². The van der Waals surface area contributed by atoms with Crippen LogP contribution in [0.25, 0.3) is 11.4 Å². The molecular weight excluding hydrogens is 399 g/mol. The summed E-state index contributed by atoms with van der Waals surface area (Å²) in [5.41, 5.74) is 1.34. The Morgan fingerprint density at radius 3 is 2.68 bits per heavy atom. The third kappa shape index (κ3) is 4.91. The van der Waals surface area contributed by atoms with E-state index in [4.69, 9.17) is 11.6 Å². The van der Waals surface area contributed by atoms with Crippen LogP contribution in [0.3, 0.4) is 0 Å². The molecule has 0 spiro atoms. The minimum Gasteiger partial charge on any atom is -0.325 e. The zero-order valence-corrected chi connectivity index (χ0v) is 17.1. The molecule has 5 nitrogen and oxygen atoms in total. The first-order chi connectivity index (χ1) is 13.5. The smallest absolute Gasteiger partial charge is 0.237 e. The minimum atomic E-state index is -0.429. The van der Waals surface area contributed by atoms with Gasteiger partial charge in [0.2, 0.25) is 5.91 Å². The lowest BCUT2D eigenvalue weighted by Crippen LogP contribution is -2.23. The number of hydrogen-bond donors (Lipinski definition) is 1. The standard InChI is InChI=1S/C20H20ClFN4OS/c1-3-11-26-18(14-7-9-15(21)10-8-14)24-25-20(26)28-13(2)19(27)23-17-6-4-5-16(22)12-17/h4-10,12-13H,3,11H2,1-2H3,(H,23,27)/t13-/m1/s1. The first-order valence-electron chi connectivity index (χ1n) is 8.90. The number of benzene rings is 2. The quantitative estimate of drug-likeness (QED) is 0.531. The summed E-state index contributed by atoms with van der Waals surface area (Å²) in [5.74, 6) is 0.113. The number of hydrogen-bond acceptors (Lipinski definition) is 4. The van der Waals surface area contributed by atoms with Gasteiger partial charge < -0.3 is 9.88 Å². The van der Waals surface area contributed by atoms with Crippen molar-refractivity contribution in [3.8, 4) is 11.4 Å². The lowest BCUT2D eigenvalue weighted by Gasteiger charge is -2.13. The number of thioether (sulfide) groups is 1. The summed E-state index contributed by atoms with van der Waals surface area (Å²) in [5, 5.41) is 12.2. The van der Waals surface area contributed by atoms with Crippen molar-refractivity contribution in [2.24, 2.45) is 0 Å². The normalized spacial score (nSPS) is 12.0. The fourth-order valence-electron chi connectivity index (χ4n) is 2.64. The van der Waals surface area contributed by atoms with Gasteiger partial charge in [-0.1, -0.05) is 36.4 Å². The van der Waals surface area contributed by atoms with Crippen molar-refractivity contribution in [1.82, 2.24) is 14.8 Å². The molecule has 1 atom stereocenters. The van der Waals surface area contributed by atoms with Crippen molar-refractivity contribution in [3.05, 3.63) is 59.4 Å². The Hall–Kier alpha value is -2.38. The molecule has 0 radical (unpaired) electrons. The van der Waals surface area contributed by atoms with E-state index in [1.165, 1.54) is 23.9 Å². The highest BCUT2D eigenvalue weighted by Gasteiger charge is 2.21. The van der Waals surface area contributed by atoms with E-state index in [-0.39, 0.29) is 5.91 Å². The molecular formula is C20H20ClFN4OS. The molecule has 1 amide bonds. The largest absolute Gasteiger partial charge is 0.325 e. The summed E-state index contributed by atoms with van der Waals surface area (Å²) in [6.07, 6.45) is 0.899. The van der Waals surface area contributed by atoms with E-state index in [9.17, 15) is 9.18 Å². The van der Waals surface area contributed by atoms with Crippen LogP contribution in [0.4, 0.5) is 10.1 Å². The maximum Gasteiger partial charge on any atom is 0.237 e. The number of aromatic nitrogens is 3. The second-order valence-electron chi connectivity index (χ2n) is 6.22. The summed E-state index contributed by atoms with van der Waals surface area (Å²) in [4.78, 5) is 12.5. The number of anilines is 1. The van der Waals surface area contributed by atoms with Gasteiger partial charge in [0.05, 0.1) is 5.25 Å². The van der Waals surface area contributed by atoms with Gasteiger partial charge in [0.25, 0.3) is 0 Å². The van der Waals surface area contributed by atoms with Gasteiger partial charge in [-0.2, -0.15) is 0 Å². The average molecular weight is 419 g/mol. The fourth-order valence-corrected chi connectivity index (χ4v) is 3.64. The average Bonchev–Trinajstić information content (AvgIpc) is 3.05. The van der Waals surface area contributed by atoms with Crippen molar-refractivity contribution in [3.63, 3.8) is 0 Å². The Morgan fingerprint density at radius 2 is 2.00 bits per heavy atom. The van der Waals surface area contributed by atoms with Gasteiger partial charge in [-0.05, 0) is 55.8 Å². The maximum absolute atomic E-state index is 13.3. The van der Waals surface area contributed by atoms with Crippen LogP contribution in [0, 0.1) is 5.82 Å². The van der Waals surface area contributed by atoms with E-state index in [0.717, 1.165) is 24.4 Å². The SMILES string of the molecule is CCCn1c(S[C@H](C)C(=O)Nc2cccc(F)c2)nnc1-c1ccc(Cl)cc1. The molecule has 0 fully saturated rings. The summed E-state index contributed by atoms with van der Waals surface area (Å²) in [6, 6.07) is 13.2. The van der Waals surface area contributed by atoms with E-state index in [1.807, 2.05) is 28.8 Å². The summed E-state index contributed by atoms with van der Waals surface area (Å²) in [7, 11) is 0. The van der Waals surface area contributed by atoms with E-state index >= 15 is 0 Å². The van der Waals surface area contributed by atoms with Crippen molar-refractivity contribution in [2.75, 3.05) is 5.32 Å². The molecule has 3 rings (SSSR count). The van der Waals surface area contributed by atoms with Crippen LogP contribution in [-0.2, 0) is 11.3 Å². The Labute approximate surface area is 172 Å². The van der Waals surface area contributed by atoms with Crippen LogP contribution >= 0.6 is 23.4 Å². The highest BCUT2D eigenvalue weighted by molar-refractivity contribution is 8.00. The fraction of sp³-hybridized carbons (Fsp3) is 0.250. The molecule has 0 saturated heterocycles. The Morgan fingerprint density at radius 1 is 1.25 bits per heavy atom. The van der Waals surface area contributed by atoms with Gasteiger partial charge in [-0.25, -0.2) is 4.39 Å². The van der Waals surface area contributed by atoms with Crippen LogP contribution in [-0.4, -0.2) is 25.9 Å². The molecule has 28 heavy (non-hydrogen) atoms. The van der Waals surface area contributed by atoms with E-state index in [1.54, 1.807) is 19.1 Å². The second-order valence-corrected chi connectivity index (χ2v) is 7.97. The first kappa shape index (κ1) is 20.4. The molecule has 0 aliphatic heterocycles. The van der Waals surface area contributed by atoms with E-state index in [2.05, 4.69) is 22.4 Å². The van der Waals surface area contributed by atoms with Crippen molar-refractivity contribution >= 4 is 35.0 Å². The van der Waals surface area contributed by atoms with Crippen molar-refractivity contribution in [2.45, 2.75) is 37.2 Å². The third-order valence-corrected chi connectivity index (χ3v) is 5.34. The molecule has 0 aliphatic carbocycles. The van der Waals surface area contributed by atoms with E-state index < -0.39 is 11.1 Å². The van der Waals surface area contributed by atoms with Gasteiger partial charge in [-0.15, -0.1) is 10.2 Å². The Kier molecular flexibility index (Phi) is 6.70. The van der Waals surface area contributed by atoms with Gasteiger partial charge >= 0.3 is 0 Å². The van der Waals surface area contributed by atoms with Crippen LogP contribution in [0.2, 0.25) is 5.02 Å². The highest BCUT2D eigenvalue weighted by Crippen LogP contribution is 2.28. The predicted molar refractivity (Wildman–Crippen MR) is 111 cm³/mol. The van der Waals surface area contributed by atoms with Crippen LogP contribution in [0.5, 0.6) is 0 Å². The number of rotatable bonds is 7. The molecule has 146 valence electrons. The molecule has 0 unspecified atom stereocenters. The van der Waals surface area contributed by atoms with Crippen molar-refractivity contribution in [1.29, 1.82) is 0 Å². The molecule has 3 aromatic rings. The van der Waals surface area contributed by atoms with Crippen LogP contribution in [0.1, 0.15) is 20.3 Å².